The second-order valence-corrected chi connectivity index (χ2v) is 7.78. The summed E-state index contributed by atoms with van der Waals surface area (Å²) in [5, 5.41) is 9.96. The van der Waals surface area contributed by atoms with Crippen molar-refractivity contribution in [3.63, 3.8) is 0 Å². The van der Waals surface area contributed by atoms with E-state index in [0.717, 1.165) is 44.6 Å². The van der Waals surface area contributed by atoms with E-state index in [0.29, 0.717) is 17.9 Å². The molecule has 1 N–H and O–H groups in total. The smallest absolute Gasteiger partial charge is 0.262 e. The fourth-order valence-corrected chi connectivity index (χ4v) is 3.93. The van der Waals surface area contributed by atoms with Gasteiger partial charge in [0, 0.05) is 25.8 Å². The molecule has 0 bridgehead atoms. The number of hydrogen-bond acceptors (Lipinski definition) is 5. The van der Waals surface area contributed by atoms with E-state index in [1.807, 2.05) is 18.3 Å². The average molecular weight is 426 g/mol. The summed E-state index contributed by atoms with van der Waals surface area (Å²) in [5.41, 5.74) is 2.68. The van der Waals surface area contributed by atoms with Gasteiger partial charge in [0.15, 0.2) is 0 Å². The van der Waals surface area contributed by atoms with Crippen LogP contribution in [0.15, 0.2) is 60.1 Å². The SMILES string of the molecule is O=C1c2cc(O)ccc2OC=C(Cl)N1CCCCN1CC=C(c2ccccn2)CC1. The van der Waals surface area contributed by atoms with Gasteiger partial charge in [-0.1, -0.05) is 23.7 Å². The highest BCUT2D eigenvalue weighted by Crippen LogP contribution is 2.30. The van der Waals surface area contributed by atoms with Gasteiger partial charge in [0.1, 0.15) is 22.9 Å². The highest BCUT2D eigenvalue weighted by atomic mass is 35.5. The second-order valence-electron chi connectivity index (χ2n) is 7.40. The van der Waals surface area contributed by atoms with E-state index in [9.17, 15) is 9.90 Å². The number of hydrogen-bond donors (Lipinski definition) is 1. The molecule has 2 aliphatic rings. The van der Waals surface area contributed by atoms with Crippen molar-refractivity contribution in [2.24, 2.45) is 0 Å². The van der Waals surface area contributed by atoms with Crippen LogP contribution in [0.3, 0.4) is 0 Å². The van der Waals surface area contributed by atoms with Crippen LogP contribution in [0.2, 0.25) is 0 Å². The van der Waals surface area contributed by atoms with Crippen LogP contribution in [0.1, 0.15) is 35.3 Å². The molecular formula is C23H24ClN3O3. The van der Waals surface area contributed by atoms with Gasteiger partial charge >= 0.3 is 0 Å². The number of benzene rings is 1. The number of phenols is 1. The lowest BCUT2D eigenvalue weighted by atomic mass is 10.0. The molecule has 1 aromatic carbocycles. The van der Waals surface area contributed by atoms with Gasteiger partial charge in [-0.15, -0.1) is 0 Å². The van der Waals surface area contributed by atoms with E-state index in [1.54, 1.807) is 6.07 Å². The van der Waals surface area contributed by atoms with Crippen LogP contribution in [0.4, 0.5) is 0 Å². The van der Waals surface area contributed by atoms with Crippen molar-refractivity contribution >= 4 is 23.1 Å². The molecular weight excluding hydrogens is 402 g/mol. The predicted octanol–water partition coefficient (Wildman–Crippen LogP) is 4.23. The van der Waals surface area contributed by atoms with E-state index in [1.165, 1.54) is 28.9 Å². The second kappa shape index (κ2) is 9.32. The van der Waals surface area contributed by atoms with Gasteiger partial charge in [0.2, 0.25) is 0 Å². The third-order valence-electron chi connectivity index (χ3n) is 5.37. The molecule has 2 aromatic rings. The summed E-state index contributed by atoms with van der Waals surface area (Å²) in [6, 6.07) is 10.5. The van der Waals surface area contributed by atoms with Crippen LogP contribution < -0.4 is 4.74 Å². The van der Waals surface area contributed by atoms with Crippen molar-refractivity contribution in [3.05, 3.63) is 71.3 Å². The van der Waals surface area contributed by atoms with Crippen molar-refractivity contribution in [1.29, 1.82) is 0 Å². The third kappa shape index (κ3) is 4.66. The standard InChI is InChI=1S/C23H24ClN3O3/c24-22-16-30-21-7-6-18(28)15-19(21)23(29)27(22)12-4-3-11-26-13-8-17(9-14-26)20-5-1-2-10-25-20/h1-2,5-8,10,15-16,28H,3-4,9,11-14H2. The van der Waals surface area contributed by atoms with Crippen LogP contribution >= 0.6 is 11.6 Å². The van der Waals surface area contributed by atoms with Crippen molar-refractivity contribution in [2.75, 3.05) is 26.2 Å². The Morgan fingerprint density at radius 2 is 2.03 bits per heavy atom. The first-order valence-electron chi connectivity index (χ1n) is 10.1. The number of carbonyl (C=O) groups is 1. The Labute approximate surface area is 181 Å². The summed E-state index contributed by atoms with van der Waals surface area (Å²) in [5.74, 6) is 0.148. The minimum Gasteiger partial charge on any atom is -0.508 e. The number of nitrogens with zero attached hydrogens (tertiary/aromatic N) is 3. The summed E-state index contributed by atoms with van der Waals surface area (Å²) in [6.07, 6.45) is 8.22. The number of phenolic OH excluding ortho intramolecular Hbond substituents is 1. The number of halogens is 1. The Kier molecular flexibility index (Phi) is 6.35. The monoisotopic (exact) mass is 425 g/mol. The Balaban J connectivity index is 1.28. The maximum absolute atomic E-state index is 12.9. The molecule has 0 radical (unpaired) electrons. The first kappa shape index (κ1) is 20.4. The van der Waals surface area contributed by atoms with E-state index < -0.39 is 0 Å². The highest BCUT2D eigenvalue weighted by molar-refractivity contribution is 6.30. The molecule has 1 amide bonds. The summed E-state index contributed by atoms with van der Waals surface area (Å²) in [6.45, 7) is 3.38. The van der Waals surface area contributed by atoms with Crippen molar-refractivity contribution in [1.82, 2.24) is 14.8 Å². The summed E-state index contributed by atoms with van der Waals surface area (Å²) in [7, 11) is 0. The lowest BCUT2D eigenvalue weighted by molar-refractivity contribution is 0.0814. The molecule has 6 nitrogen and oxygen atoms in total. The van der Waals surface area contributed by atoms with Crippen molar-refractivity contribution < 1.29 is 14.6 Å². The first-order valence-corrected chi connectivity index (χ1v) is 10.5. The number of amides is 1. The molecule has 30 heavy (non-hydrogen) atoms. The van der Waals surface area contributed by atoms with Crippen molar-refractivity contribution in [3.8, 4) is 11.5 Å². The summed E-state index contributed by atoms with van der Waals surface area (Å²) in [4.78, 5) is 21.2. The van der Waals surface area contributed by atoms with Gasteiger partial charge in [-0.25, -0.2) is 0 Å². The predicted molar refractivity (Wildman–Crippen MR) is 116 cm³/mol. The number of pyridine rings is 1. The lowest BCUT2D eigenvalue weighted by Gasteiger charge is -2.26. The minimum absolute atomic E-state index is 0.0203. The van der Waals surface area contributed by atoms with Crippen LogP contribution in [-0.2, 0) is 0 Å². The summed E-state index contributed by atoms with van der Waals surface area (Å²) < 4.78 is 5.48. The Morgan fingerprint density at radius 1 is 1.17 bits per heavy atom. The number of unbranched alkanes of at least 4 members (excludes halogenated alkanes) is 1. The zero-order valence-corrected chi connectivity index (χ0v) is 17.4. The fraction of sp³-hybridized carbons (Fsp3) is 0.304. The molecule has 0 saturated heterocycles. The van der Waals surface area contributed by atoms with E-state index in [4.69, 9.17) is 16.3 Å². The quantitative estimate of drug-likeness (QED) is 0.554. The van der Waals surface area contributed by atoms with Crippen LogP contribution in [0, 0.1) is 0 Å². The number of carbonyl (C=O) groups excluding carboxylic acids is 1. The molecule has 4 rings (SSSR count). The molecule has 0 atom stereocenters. The Morgan fingerprint density at radius 3 is 2.80 bits per heavy atom. The van der Waals surface area contributed by atoms with Gasteiger partial charge in [0.25, 0.3) is 5.91 Å². The van der Waals surface area contributed by atoms with Gasteiger partial charge in [-0.05, 0) is 61.7 Å². The molecule has 0 unspecified atom stereocenters. The van der Waals surface area contributed by atoms with E-state index in [2.05, 4.69) is 22.0 Å². The molecule has 0 spiro atoms. The van der Waals surface area contributed by atoms with Crippen LogP contribution in [0.5, 0.6) is 11.5 Å². The Hall–Kier alpha value is -2.83. The molecule has 3 heterocycles. The van der Waals surface area contributed by atoms with Crippen molar-refractivity contribution in [2.45, 2.75) is 19.3 Å². The van der Waals surface area contributed by atoms with E-state index >= 15 is 0 Å². The molecule has 156 valence electrons. The maximum Gasteiger partial charge on any atom is 0.262 e. The van der Waals surface area contributed by atoms with E-state index in [-0.39, 0.29) is 16.8 Å². The average Bonchev–Trinajstić information content (AvgIpc) is 2.89. The molecule has 1 aromatic heterocycles. The van der Waals surface area contributed by atoms with Gasteiger partial charge in [-0.3, -0.25) is 19.6 Å². The minimum atomic E-state index is -0.263. The van der Waals surface area contributed by atoms with Crippen LogP contribution in [-0.4, -0.2) is 52.0 Å². The molecule has 0 saturated carbocycles. The number of aromatic nitrogens is 1. The normalized spacial score (nSPS) is 17.0. The molecule has 2 aliphatic heterocycles. The number of fused-ring (bicyclic) bond motifs is 1. The third-order valence-corrected chi connectivity index (χ3v) is 5.67. The zero-order chi connectivity index (χ0) is 20.9. The van der Waals surface area contributed by atoms with Crippen LogP contribution in [0.25, 0.3) is 5.57 Å². The van der Waals surface area contributed by atoms with Gasteiger partial charge in [-0.2, -0.15) is 0 Å². The largest absolute Gasteiger partial charge is 0.508 e. The van der Waals surface area contributed by atoms with Gasteiger partial charge < -0.3 is 9.84 Å². The maximum atomic E-state index is 12.9. The Bertz CT molecular complexity index is 975. The number of rotatable bonds is 6. The summed E-state index contributed by atoms with van der Waals surface area (Å²) >= 11 is 6.27. The number of aromatic hydroxyl groups is 1. The lowest BCUT2D eigenvalue weighted by Crippen LogP contribution is -2.31. The zero-order valence-electron chi connectivity index (χ0n) is 16.6. The highest BCUT2D eigenvalue weighted by Gasteiger charge is 2.25. The molecule has 7 heteroatoms. The fourth-order valence-electron chi connectivity index (χ4n) is 3.72. The molecule has 0 aliphatic carbocycles. The first-order chi connectivity index (χ1) is 14.6. The molecule has 0 fully saturated rings. The number of ether oxygens (including phenoxy) is 1. The van der Waals surface area contributed by atoms with Gasteiger partial charge in [0.05, 0.1) is 11.3 Å². The topological polar surface area (TPSA) is 65.9 Å².